The van der Waals surface area contributed by atoms with Gasteiger partial charge in [0, 0.05) is 24.7 Å². The number of ether oxygens (including phenoxy) is 1. The highest BCUT2D eigenvalue weighted by Gasteiger charge is 2.26. The monoisotopic (exact) mass is 343 g/mol. The number of nitrogens with one attached hydrogen (secondary N) is 1. The Morgan fingerprint density at radius 1 is 1.20 bits per heavy atom. The van der Waals surface area contributed by atoms with Gasteiger partial charge in [0.05, 0.1) is 18.8 Å². The number of morpholine rings is 1. The van der Waals surface area contributed by atoms with E-state index in [0.29, 0.717) is 18.8 Å². The van der Waals surface area contributed by atoms with Gasteiger partial charge in [0.25, 0.3) is 5.91 Å². The van der Waals surface area contributed by atoms with E-state index in [2.05, 4.69) is 10.5 Å². The highest BCUT2D eigenvalue weighted by atomic mass is 16.5. The van der Waals surface area contributed by atoms with Crippen LogP contribution in [0.15, 0.2) is 40.9 Å². The zero-order valence-electron chi connectivity index (χ0n) is 14.3. The summed E-state index contributed by atoms with van der Waals surface area (Å²) in [6.07, 6.45) is -0.0141. The summed E-state index contributed by atoms with van der Waals surface area (Å²) in [7, 11) is 0. The van der Waals surface area contributed by atoms with Crippen LogP contribution in [0.25, 0.3) is 11.3 Å². The quantitative estimate of drug-likeness (QED) is 0.913. The van der Waals surface area contributed by atoms with Gasteiger partial charge in [0.15, 0.2) is 11.5 Å². The molecule has 0 saturated carbocycles. The van der Waals surface area contributed by atoms with Gasteiger partial charge in [-0.05, 0) is 13.8 Å². The Kier molecular flexibility index (Phi) is 5.14. The van der Waals surface area contributed by atoms with E-state index in [0.717, 1.165) is 5.56 Å². The molecule has 0 bridgehead atoms. The second kappa shape index (κ2) is 7.48. The lowest BCUT2D eigenvalue weighted by Gasteiger charge is -2.35. The summed E-state index contributed by atoms with van der Waals surface area (Å²) in [6.45, 7) is 4.83. The van der Waals surface area contributed by atoms with Crippen LogP contribution in [0.5, 0.6) is 0 Å². The Labute approximate surface area is 145 Å². The molecule has 1 aromatic heterocycles. The van der Waals surface area contributed by atoms with Crippen LogP contribution in [0.3, 0.4) is 0 Å². The van der Waals surface area contributed by atoms with E-state index in [1.807, 2.05) is 44.2 Å². The molecule has 132 valence electrons. The lowest BCUT2D eigenvalue weighted by molar-refractivity contribution is -0.142. The van der Waals surface area contributed by atoms with E-state index in [4.69, 9.17) is 9.26 Å². The number of carbonyl (C=O) groups is 2. The summed E-state index contributed by atoms with van der Waals surface area (Å²) < 4.78 is 10.8. The van der Waals surface area contributed by atoms with Crippen molar-refractivity contribution in [1.82, 2.24) is 15.4 Å². The van der Waals surface area contributed by atoms with E-state index < -0.39 is 5.91 Å². The van der Waals surface area contributed by atoms with Gasteiger partial charge in [-0.15, -0.1) is 0 Å². The van der Waals surface area contributed by atoms with Crippen LogP contribution < -0.4 is 5.32 Å². The molecule has 1 aliphatic rings. The van der Waals surface area contributed by atoms with Crippen molar-refractivity contribution in [3.8, 4) is 11.3 Å². The molecule has 1 saturated heterocycles. The van der Waals surface area contributed by atoms with Crippen molar-refractivity contribution in [1.29, 1.82) is 0 Å². The predicted molar refractivity (Wildman–Crippen MR) is 90.9 cm³/mol. The molecule has 2 aromatic rings. The minimum absolute atomic E-state index is 0.00706. The Balaban J connectivity index is 1.56. The molecule has 7 nitrogen and oxygen atoms in total. The summed E-state index contributed by atoms with van der Waals surface area (Å²) in [5.41, 5.74) is 0.983. The molecular formula is C18H21N3O4. The maximum absolute atomic E-state index is 12.3. The lowest BCUT2D eigenvalue weighted by Crippen LogP contribution is -2.51. The van der Waals surface area contributed by atoms with E-state index in [1.165, 1.54) is 0 Å². The number of hydrogen-bond donors (Lipinski definition) is 1. The van der Waals surface area contributed by atoms with Crippen LogP contribution in [0.1, 0.15) is 24.3 Å². The number of benzene rings is 1. The topological polar surface area (TPSA) is 84.7 Å². The molecule has 25 heavy (non-hydrogen) atoms. The SMILES string of the molecule is C[C@H]1CN(C(=O)CNC(=O)c2cc(-c3ccccc3)on2)C[C@H](C)O1. The van der Waals surface area contributed by atoms with Crippen LogP contribution in [0.2, 0.25) is 0 Å². The number of hydrogen-bond acceptors (Lipinski definition) is 5. The van der Waals surface area contributed by atoms with Crippen molar-refractivity contribution >= 4 is 11.8 Å². The van der Waals surface area contributed by atoms with Crippen LogP contribution >= 0.6 is 0 Å². The third-order valence-corrected chi connectivity index (χ3v) is 3.97. The number of aromatic nitrogens is 1. The van der Waals surface area contributed by atoms with Crippen molar-refractivity contribution in [2.24, 2.45) is 0 Å². The Bertz CT molecular complexity index is 734. The van der Waals surface area contributed by atoms with Crippen molar-refractivity contribution in [2.75, 3.05) is 19.6 Å². The van der Waals surface area contributed by atoms with Gasteiger partial charge in [-0.1, -0.05) is 35.5 Å². The van der Waals surface area contributed by atoms with Crippen molar-refractivity contribution in [3.63, 3.8) is 0 Å². The first-order valence-electron chi connectivity index (χ1n) is 8.26. The van der Waals surface area contributed by atoms with Crippen molar-refractivity contribution in [2.45, 2.75) is 26.1 Å². The molecule has 0 radical (unpaired) electrons. The molecule has 0 unspecified atom stereocenters. The molecule has 2 amide bonds. The number of rotatable bonds is 4. The standard InChI is InChI=1S/C18H21N3O4/c1-12-10-21(11-13(2)24-12)17(22)9-19-18(23)15-8-16(25-20-15)14-6-4-3-5-7-14/h3-8,12-13H,9-11H2,1-2H3,(H,19,23)/t12-,13-/m0/s1. The average Bonchev–Trinajstić information content (AvgIpc) is 3.09. The summed E-state index contributed by atoms with van der Waals surface area (Å²) in [5, 5.41) is 6.37. The first kappa shape index (κ1) is 17.2. The molecule has 0 spiro atoms. The highest BCUT2D eigenvalue weighted by molar-refractivity contribution is 5.95. The third-order valence-electron chi connectivity index (χ3n) is 3.97. The fraction of sp³-hybridized carbons (Fsp3) is 0.389. The lowest BCUT2D eigenvalue weighted by atomic mass is 10.1. The minimum Gasteiger partial charge on any atom is -0.372 e. The van der Waals surface area contributed by atoms with Gasteiger partial charge in [-0.3, -0.25) is 9.59 Å². The van der Waals surface area contributed by atoms with Gasteiger partial charge in [0.2, 0.25) is 5.91 Å². The number of nitrogens with zero attached hydrogens (tertiary/aromatic N) is 2. The molecule has 1 aliphatic heterocycles. The zero-order chi connectivity index (χ0) is 17.8. The summed E-state index contributed by atoms with van der Waals surface area (Å²) in [5.74, 6) is -0.0660. The predicted octanol–water partition coefficient (Wildman–Crippen LogP) is 1.71. The molecule has 2 heterocycles. The fourth-order valence-electron chi connectivity index (χ4n) is 2.86. The normalized spacial score (nSPS) is 20.3. The van der Waals surface area contributed by atoms with Crippen LogP contribution in [0, 0.1) is 0 Å². The molecule has 7 heteroatoms. The Morgan fingerprint density at radius 2 is 1.88 bits per heavy atom. The smallest absolute Gasteiger partial charge is 0.273 e. The van der Waals surface area contributed by atoms with Gasteiger partial charge >= 0.3 is 0 Å². The van der Waals surface area contributed by atoms with E-state index in [1.54, 1.807) is 11.0 Å². The first-order valence-corrected chi connectivity index (χ1v) is 8.26. The van der Waals surface area contributed by atoms with Gasteiger partial charge in [0.1, 0.15) is 0 Å². The maximum atomic E-state index is 12.3. The van der Waals surface area contributed by atoms with E-state index in [9.17, 15) is 9.59 Å². The first-order chi connectivity index (χ1) is 12.0. The van der Waals surface area contributed by atoms with Crippen LogP contribution in [0.4, 0.5) is 0 Å². The van der Waals surface area contributed by atoms with Gasteiger partial charge in [-0.2, -0.15) is 0 Å². The Hall–Kier alpha value is -2.67. The molecule has 1 N–H and O–H groups in total. The van der Waals surface area contributed by atoms with E-state index >= 15 is 0 Å². The average molecular weight is 343 g/mol. The zero-order valence-corrected chi connectivity index (χ0v) is 14.3. The summed E-state index contributed by atoms with van der Waals surface area (Å²) in [6, 6.07) is 10.9. The number of amides is 2. The van der Waals surface area contributed by atoms with E-state index in [-0.39, 0.29) is 30.4 Å². The highest BCUT2D eigenvalue weighted by Crippen LogP contribution is 2.19. The fourth-order valence-corrected chi connectivity index (χ4v) is 2.86. The largest absolute Gasteiger partial charge is 0.372 e. The minimum atomic E-state index is -0.436. The maximum Gasteiger partial charge on any atom is 0.273 e. The molecule has 1 aromatic carbocycles. The summed E-state index contributed by atoms with van der Waals surface area (Å²) >= 11 is 0. The Morgan fingerprint density at radius 3 is 2.56 bits per heavy atom. The van der Waals surface area contributed by atoms with Gasteiger partial charge in [-0.25, -0.2) is 0 Å². The third kappa shape index (κ3) is 4.24. The second-order valence-corrected chi connectivity index (χ2v) is 6.18. The van der Waals surface area contributed by atoms with Gasteiger partial charge < -0.3 is 19.5 Å². The van der Waals surface area contributed by atoms with Crippen LogP contribution in [-0.4, -0.2) is 53.7 Å². The van der Waals surface area contributed by atoms with Crippen LogP contribution in [-0.2, 0) is 9.53 Å². The second-order valence-electron chi connectivity index (χ2n) is 6.18. The number of carbonyl (C=O) groups excluding carboxylic acids is 2. The summed E-state index contributed by atoms with van der Waals surface area (Å²) in [4.78, 5) is 26.1. The molecule has 1 fully saturated rings. The molecule has 2 atom stereocenters. The molecule has 3 rings (SSSR count). The molecular weight excluding hydrogens is 322 g/mol. The molecule has 0 aliphatic carbocycles. The van der Waals surface area contributed by atoms with Crippen molar-refractivity contribution < 1.29 is 18.8 Å². The van der Waals surface area contributed by atoms with Crippen molar-refractivity contribution in [3.05, 3.63) is 42.1 Å².